The number of rotatable bonds is 3. The van der Waals surface area contributed by atoms with Crippen LogP contribution in [-0.2, 0) is 16.9 Å². The van der Waals surface area contributed by atoms with E-state index in [1.807, 2.05) is 6.07 Å². The number of hydrogen-bond donors (Lipinski definition) is 1. The molecule has 2 aromatic carbocycles. The van der Waals surface area contributed by atoms with Gasteiger partial charge in [0, 0.05) is 17.1 Å². The van der Waals surface area contributed by atoms with E-state index in [0.717, 1.165) is 4.90 Å². The SMILES string of the molecule is CC1(c2ccc(C#N)cc2)NC(=O)N(Cc2cc(F)cc3cccnc23)C1=O. The Morgan fingerprint density at radius 3 is 2.68 bits per heavy atom. The fourth-order valence-electron chi connectivity index (χ4n) is 3.43. The second-order valence-corrected chi connectivity index (χ2v) is 6.78. The molecule has 1 atom stereocenters. The van der Waals surface area contributed by atoms with E-state index in [-0.39, 0.29) is 6.54 Å². The number of aromatic nitrogens is 1. The first-order valence-corrected chi connectivity index (χ1v) is 8.60. The monoisotopic (exact) mass is 374 g/mol. The highest BCUT2D eigenvalue weighted by Gasteiger charge is 2.49. The topological polar surface area (TPSA) is 86.1 Å². The van der Waals surface area contributed by atoms with Gasteiger partial charge in [0.2, 0.25) is 0 Å². The highest BCUT2D eigenvalue weighted by atomic mass is 19.1. The molecule has 3 amide bonds. The number of fused-ring (bicyclic) bond motifs is 1. The molecule has 1 fully saturated rings. The molecule has 28 heavy (non-hydrogen) atoms. The molecule has 1 aliphatic rings. The van der Waals surface area contributed by atoms with Crippen LogP contribution in [0.15, 0.2) is 54.7 Å². The Bertz CT molecular complexity index is 1150. The number of nitrogens with one attached hydrogen (secondary N) is 1. The predicted octanol–water partition coefficient (Wildman–Crippen LogP) is 3.21. The molecule has 1 unspecified atom stereocenters. The minimum Gasteiger partial charge on any atom is -0.319 e. The highest BCUT2D eigenvalue weighted by Crippen LogP contribution is 2.31. The molecule has 0 spiro atoms. The minimum atomic E-state index is -1.26. The summed E-state index contributed by atoms with van der Waals surface area (Å²) in [5.74, 6) is -0.909. The molecule has 138 valence electrons. The maximum Gasteiger partial charge on any atom is 0.325 e. The third-order valence-electron chi connectivity index (χ3n) is 4.94. The number of urea groups is 1. The molecule has 0 saturated carbocycles. The Kier molecular flexibility index (Phi) is 4.04. The summed E-state index contributed by atoms with van der Waals surface area (Å²) in [5.41, 5.74) is 0.745. The number of imide groups is 1. The molecule has 1 N–H and O–H groups in total. The molecule has 3 aromatic rings. The third kappa shape index (κ3) is 2.76. The minimum absolute atomic E-state index is 0.0954. The van der Waals surface area contributed by atoms with Crippen LogP contribution in [0.2, 0.25) is 0 Å². The Labute approximate surface area is 160 Å². The van der Waals surface area contributed by atoms with Crippen LogP contribution in [0.5, 0.6) is 0 Å². The molecule has 4 rings (SSSR count). The zero-order valence-electron chi connectivity index (χ0n) is 14.9. The van der Waals surface area contributed by atoms with Crippen molar-refractivity contribution in [2.75, 3.05) is 0 Å². The Morgan fingerprint density at radius 1 is 1.21 bits per heavy atom. The lowest BCUT2D eigenvalue weighted by Crippen LogP contribution is -2.40. The van der Waals surface area contributed by atoms with E-state index >= 15 is 0 Å². The van der Waals surface area contributed by atoms with Crippen molar-refractivity contribution in [2.45, 2.75) is 19.0 Å². The number of amides is 3. The number of hydrogen-bond acceptors (Lipinski definition) is 4. The molecule has 0 bridgehead atoms. The van der Waals surface area contributed by atoms with Crippen LogP contribution >= 0.6 is 0 Å². The van der Waals surface area contributed by atoms with Crippen LogP contribution in [0.3, 0.4) is 0 Å². The van der Waals surface area contributed by atoms with Crippen molar-refractivity contribution >= 4 is 22.8 Å². The standard InChI is InChI=1S/C21H15FN4O2/c1-21(16-6-4-13(11-23)5-7-16)19(27)26(20(28)25-21)12-15-10-17(22)9-14-3-2-8-24-18(14)15/h2-10H,12H2,1H3,(H,25,28). The Morgan fingerprint density at radius 2 is 1.96 bits per heavy atom. The van der Waals surface area contributed by atoms with Gasteiger partial charge in [0.25, 0.3) is 5.91 Å². The predicted molar refractivity (Wildman–Crippen MR) is 99.3 cm³/mol. The lowest BCUT2D eigenvalue weighted by molar-refractivity contribution is -0.131. The van der Waals surface area contributed by atoms with E-state index in [1.54, 1.807) is 49.5 Å². The van der Waals surface area contributed by atoms with E-state index in [2.05, 4.69) is 10.3 Å². The van der Waals surface area contributed by atoms with Gasteiger partial charge >= 0.3 is 6.03 Å². The lowest BCUT2D eigenvalue weighted by Gasteiger charge is -2.22. The van der Waals surface area contributed by atoms with Crippen molar-refractivity contribution in [3.63, 3.8) is 0 Å². The summed E-state index contributed by atoms with van der Waals surface area (Å²) in [7, 11) is 0. The van der Waals surface area contributed by atoms with Crippen LogP contribution in [0.1, 0.15) is 23.6 Å². The fourth-order valence-corrected chi connectivity index (χ4v) is 3.43. The van der Waals surface area contributed by atoms with E-state index in [9.17, 15) is 14.0 Å². The van der Waals surface area contributed by atoms with Gasteiger partial charge in [-0.3, -0.25) is 14.7 Å². The van der Waals surface area contributed by atoms with E-state index in [4.69, 9.17) is 5.26 Å². The number of nitrogens with zero attached hydrogens (tertiary/aromatic N) is 3. The molecule has 0 aliphatic carbocycles. The summed E-state index contributed by atoms with van der Waals surface area (Å²) >= 11 is 0. The maximum atomic E-state index is 14.0. The molecule has 0 radical (unpaired) electrons. The van der Waals surface area contributed by atoms with Gasteiger partial charge in [-0.25, -0.2) is 9.18 Å². The van der Waals surface area contributed by atoms with Crippen molar-refractivity contribution in [1.29, 1.82) is 5.26 Å². The second-order valence-electron chi connectivity index (χ2n) is 6.78. The second kappa shape index (κ2) is 6.43. The first-order valence-electron chi connectivity index (χ1n) is 8.60. The molecule has 6 nitrogen and oxygen atoms in total. The van der Waals surface area contributed by atoms with Crippen LogP contribution in [0, 0.1) is 17.1 Å². The van der Waals surface area contributed by atoms with Crippen LogP contribution < -0.4 is 5.32 Å². The fraction of sp³-hybridized carbons (Fsp3) is 0.143. The van der Waals surface area contributed by atoms with Gasteiger partial charge in [0.1, 0.15) is 11.4 Å². The van der Waals surface area contributed by atoms with Crippen LogP contribution in [0.4, 0.5) is 9.18 Å². The van der Waals surface area contributed by atoms with Gasteiger partial charge in [-0.05, 0) is 42.8 Å². The van der Waals surface area contributed by atoms with Gasteiger partial charge in [0.15, 0.2) is 0 Å². The van der Waals surface area contributed by atoms with Crippen molar-refractivity contribution < 1.29 is 14.0 Å². The smallest absolute Gasteiger partial charge is 0.319 e. The number of nitriles is 1. The number of carbonyl (C=O) groups is 2. The highest BCUT2D eigenvalue weighted by molar-refractivity contribution is 6.07. The number of benzene rings is 2. The molecule has 2 heterocycles. The summed E-state index contributed by atoms with van der Waals surface area (Å²) in [5, 5.41) is 12.2. The van der Waals surface area contributed by atoms with Crippen molar-refractivity contribution in [3.8, 4) is 6.07 Å². The quantitative estimate of drug-likeness (QED) is 0.713. The molecule has 1 saturated heterocycles. The van der Waals surface area contributed by atoms with Crippen molar-refractivity contribution in [1.82, 2.24) is 15.2 Å². The van der Waals surface area contributed by atoms with Gasteiger partial charge in [-0.15, -0.1) is 0 Å². The van der Waals surface area contributed by atoms with E-state index in [1.165, 1.54) is 12.1 Å². The Hall–Kier alpha value is -3.79. The molecule has 7 heteroatoms. The van der Waals surface area contributed by atoms with Crippen LogP contribution in [-0.4, -0.2) is 21.8 Å². The molecular weight excluding hydrogens is 359 g/mol. The summed E-state index contributed by atoms with van der Waals surface area (Å²) in [6.45, 7) is 1.51. The van der Waals surface area contributed by atoms with Gasteiger partial charge < -0.3 is 5.32 Å². The van der Waals surface area contributed by atoms with Gasteiger partial charge in [0.05, 0.1) is 23.7 Å². The lowest BCUT2D eigenvalue weighted by atomic mass is 9.91. The van der Waals surface area contributed by atoms with E-state index in [0.29, 0.717) is 27.6 Å². The summed E-state index contributed by atoms with van der Waals surface area (Å²) in [6.07, 6.45) is 1.58. The van der Waals surface area contributed by atoms with Crippen molar-refractivity contribution in [3.05, 3.63) is 77.2 Å². The largest absolute Gasteiger partial charge is 0.325 e. The summed E-state index contributed by atoms with van der Waals surface area (Å²) < 4.78 is 14.0. The van der Waals surface area contributed by atoms with E-state index < -0.39 is 23.3 Å². The van der Waals surface area contributed by atoms with Crippen LogP contribution in [0.25, 0.3) is 10.9 Å². The third-order valence-corrected chi connectivity index (χ3v) is 4.94. The number of halogens is 1. The van der Waals surface area contributed by atoms with Crippen molar-refractivity contribution in [2.24, 2.45) is 0 Å². The normalized spacial score (nSPS) is 19.0. The average Bonchev–Trinajstić information content (AvgIpc) is 2.92. The average molecular weight is 374 g/mol. The maximum absolute atomic E-state index is 14.0. The zero-order valence-corrected chi connectivity index (χ0v) is 14.9. The van der Waals surface area contributed by atoms with Gasteiger partial charge in [-0.1, -0.05) is 18.2 Å². The molecule has 1 aromatic heterocycles. The first-order chi connectivity index (χ1) is 13.4. The number of pyridine rings is 1. The van der Waals surface area contributed by atoms with Gasteiger partial charge in [-0.2, -0.15) is 5.26 Å². The zero-order chi connectivity index (χ0) is 19.9. The first kappa shape index (κ1) is 17.6. The summed E-state index contributed by atoms with van der Waals surface area (Å²) in [6, 6.07) is 14.0. The molecule has 1 aliphatic heterocycles. The Balaban J connectivity index is 1.69. The number of carbonyl (C=O) groups excluding carboxylic acids is 2. The summed E-state index contributed by atoms with van der Waals surface area (Å²) in [4.78, 5) is 30.9. The molecular formula is C21H15FN4O2.